The molecule has 0 saturated heterocycles. The number of carbonyl (C=O) groups is 1. The van der Waals surface area contributed by atoms with E-state index in [1.165, 1.54) is 19.3 Å². The highest BCUT2D eigenvalue weighted by Gasteiger charge is 2.29. The van der Waals surface area contributed by atoms with Crippen molar-refractivity contribution >= 4 is 11.6 Å². The van der Waals surface area contributed by atoms with Gasteiger partial charge in [0.05, 0.1) is 19.8 Å². The van der Waals surface area contributed by atoms with Gasteiger partial charge in [-0.05, 0) is 55.0 Å². The molecule has 0 N–H and O–H groups in total. The van der Waals surface area contributed by atoms with Crippen LogP contribution in [-0.2, 0) is 13.1 Å². The lowest BCUT2D eigenvalue weighted by Crippen LogP contribution is -2.23. The van der Waals surface area contributed by atoms with Gasteiger partial charge in [0, 0.05) is 17.3 Å². The molecular formula is C22H24N2O4. The van der Waals surface area contributed by atoms with Crippen molar-refractivity contribution in [2.45, 2.75) is 51.3 Å². The van der Waals surface area contributed by atoms with Gasteiger partial charge in [0.25, 0.3) is 5.91 Å². The molecule has 1 aliphatic heterocycles. The summed E-state index contributed by atoms with van der Waals surface area (Å²) in [5.74, 6) is 1.29. The molecule has 1 heterocycles. The minimum absolute atomic E-state index is 0.0719. The molecule has 1 amide bonds. The molecule has 0 spiro atoms. The minimum atomic E-state index is -0.0727. The van der Waals surface area contributed by atoms with E-state index in [9.17, 15) is 9.70 Å². The van der Waals surface area contributed by atoms with E-state index >= 15 is 0 Å². The topological polar surface area (TPSA) is 68.2 Å². The number of fused-ring (bicyclic) bond motifs is 1. The van der Waals surface area contributed by atoms with Crippen LogP contribution in [0.25, 0.3) is 0 Å². The molecule has 1 aliphatic carbocycles. The molecule has 0 atom stereocenters. The highest BCUT2D eigenvalue weighted by molar-refractivity contribution is 6.10. The Labute approximate surface area is 164 Å². The first-order valence-electron chi connectivity index (χ1n) is 9.77. The van der Waals surface area contributed by atoms with Crippen molar-refractivity contribution in [3.8, 4) is 11.5 Å². The number of amides is 1. The van der Waals surface area contributed by atoms with E-state index in [0.29, 0.717) is 23.6 Å². The Hall–Kier alpha value is -2.89. The number of anilines is 1. The zero-order valence-corrected chi connectivity index (χ0v) is 16.0. The minimum Gasteiger partial charge on any atom is -0.493 e. The van der Waals surface area contributed by atoms with Crippen LogP contribution in [0.3, 0.4) is 0 Å². The van der Waals surface area contributed by atoms with Gasteiger partial charge in [0.2, 0.25) is 0 Å². The van der Waals surface area contributed by atoms with E-state index < -0.39 is 0 Å². The normalized spacial score (nSPS) is 16.8. The summed E-state index contributed by atoms with van der Waals surface area (Å²) < 4.78 is 11.7. The number of carbonyl (C=O) groups excluding carboxylic acids is 1. The molecule has 0 bridgehead atoms. The van der Waals surface area contributed by atoms with Crippen LogP contribution in [-0.4, -0.2) is 19.1 Å². The monoisotopic (exact) mass is 380 g/mol. The highest BCUT2D eigenvalue weighted by Crippen LogP contribution is 2.37. The zero-order chi connectivity index (χ0) is 19.5. The van der Waals surface area contributed by atoms with Crippen molar-refractivity contribution in [1.82, 2.24) is 0 Å². The van der Waals surface area contributed by atoms with Crippen molar-refractivity contribution < 1.29 is 14.3 Å². The third-order valence-corrected chi connectivity index (χ3v) is 5.53. The molecule has 1 saturated carbocycles. The number of hydrogen-bond donors (Lipinski definition) is 0. The number of rotatable bonds is 6. The zero-order valence-electron chi connectivity index (χ0n) is 16.0. The van der Waals surface area contributed by atoms with Crippen LogP contribution in [0.2, 0.25) is 0 Å². The molecule has 4 rings (SSSR count). The van der Waals surface area contributed by atoms with Gasteiger partial charge in [-0.2, -0.15) is 4.91 Å². The number of nitrogens with zero attached hydrogens (tertiary/aromatic N) is 2. The second kappa shape index (κ2) is 8.00. The van der Waals surface area contributed by atoms with Crippen molar-refractivity contribution in [3.63, 3.8) is 0 Å². The molecule has 0 aromatic heterocycles. The van der Waals surface area contributed by atoms with E-state index in [1.54, 1.807) is 18.1 Å². The molecule has 0 unspecified atom stereocenters. The summed E-state index contributed by atoms with van der Waals surface area (Å²) in [5, 5.41) is 2.91. The smallest absolute Gasteiger partial charge is 0.258 e. The average molecular weight is 380 g/mol. The van der Waals surface area contributed by atoms with Gasteiger partial charge >= 0.3 is 0 Å². The van der Waals surface area contributed by atoms with E-state index in [4.69, 9.17) is 9.47 Å². The Bertz CT molecular complexity index is 890. The van der Waals surface area contributed by atoms with Crippen molar-refractivity contribution in [2.75, 3.05) is 12.0 Å². The number of nitroso groups, excluding NO2 is 1. The van der Waals surface area contributed by atoms with E-state index in [1.807, 2.05) is 30.3 Å². The lowest BCUT2D eigenvalue weighted by atomic mass is 9.98. The summed E-state index contributed by atoms with van der Waals surface area (Å²) in [6.07, 6.45) is 5.93. The fourth-order valence-corrected chi connectivity index (χ4v) is 4.02. The van der Waals surface area contributed by atoms with Crippen molar-refractivity contribution in [1.29, 1.82) is 0 Å². The first-order chi connectivity index (χ1) is 13.7. The SMILES string of the molecule is COc1ccc(N2Cc3ccc(CN=O)cc3C2=O)cc1OC1CCCCC1. The summed E-state index contributed by atoms with van der Waals surface area (Å²) in [4.78, 5) is 25.2. The Morgan fingerprint density at radius 3 is 2.64 bits per heavy atom. The number of hydrogen-bond acceptors (Lipinski definition) is 5. The van der Waals surface area contributed by atoms with Gasteiger partial charge in [-0.1, -0.05) is 23.7 Å². The molecule has 2 aliphatic rings. The second-order valence-electron chi connectivity index (χ2n) is 7.38. The predicted octanol–water partition coefficient (Wildman–Crippen LogP) is 4.83. The third-order valence-electron chi connectivity index (χ3n) is 5.53. The molecule has 0 radical (unpaired) electrons. The lowest BCUT2D eigenvalue weighted by Gasteiger charge is -2.25. The van der Waals surface area contributed by atoms with Gasteiger partial charge in [-0.3, -0.25) is 4.79 Å². The van der Waals surface area contributed by atoms with Gasteiger partial charge in [0.15, 0.2) is 11.5 Å². The summed E-state index contributed by atoms with van der Waals surface area (Å²) in [5.41, 5.74) is 3.11. The van der Waals surface area contributed by atoms with Crippen LogP contribution >= 0.6 is 0 Å². The molecule has 2 aromatic rings. The molecule has 28 heavy (non-hydrogen) atoms. The third kappa shape index (κ3) is 3.59. The Morgan fingerprint density at radius 2 is 1.89 bits per heavy atom. The Kier molecular flexibility index (Phi) is 5.28. The fourth-order valence-electron chi connectivity index (χ4n) is 4.02. The maximum Gasteiger partial charge on any atom is 0.258 e. The van der Waals surface area contributed by atoms with Gasteiger partial charge in [0.1, 0.15) is 6.54 Å². The summed E-state index contributed by atoms with van der Waals surface area (Å²) in [7, 11) is 1.63. The number of methoxy groups -OCH3 is 1. The quantitative estimate of drug-likeness (QED) is 0.673. The van der Waals surface area contributed by atoms with Crippen LogP contribution in [0.1, 0.15) is 53.6 Å². The van der Waals surface area contributed by atoms with Crippen LogP contribution in [0, 0.1) is 4.91 Å². The Morgan fingerprint density at radius 1 is 1.07 bits per heavy atom. The molecule has 6 nitrogen and oxygen atoms in total. The van der Waals surface area contributed by atoms with Crippen LogP contribution in [0.4, 0.5) is 5.69 Å². The summed E-state index contributed by atoms with van der Waals surface area (Å²) in [6, 6.07) is 11.1. The first kappa shape index (κ1) is 18.5. The number of benzene rings is 2. The summed E-state index contributed by atoms with van der Waals surface area (Å²) in [6.45, 7) is 0.570. The second-order valence-corrected chi connectivity index (χ2v) is 7.38. The predicted molar refractivity (Wildman–Crippen MR) is 107 cm³/mol. The molecular weight excluding hydrogens is 356 g/mol. The van der Waals surface area contributed by atoms with Gasteiger partial charge in [-0.25, -0.2) is 0 Å². The number of ether oxygens (including phenoxy) is 2. The van der Waals surface area contributed by atoms with Crippen molar-refractivity contribution in [2.24, 2.45) is 5.18 Å². The fraction of sp³-hybridized carbons (Fsp3) is 0.409. The van der Waals surface area contributed by atoms with Gasteiger partial charge < -0.3 is 14.4 Å². The van der Waals surface area contributed by atoms with Crippen molar-refractivity contribution in [3.05, 3.63) is 58.0 Å². The van der Waals surface area contributed by atoms with Crippen LogP contribution in [0.15, 0.2) is 41.6 Å². The molecule has 146 valence electrons. The first-order valence-corrected chi connectivity index (χ1v) is 9.77. The summed E-state index contributed by atoms with van der Waals surface area (Å²) >= 11 is 0. The standard InChI is InChI=1S/C22H24N2O4/c1-27-20-10-9-17(12-21(20)28-18-5-3-2-4-6-18)24-14-16-8-7-15(13-23-26)11-19(16)22(24)25/h7-12,18H,2-6,13-14H2,1H3. The van der Waals surface area contributed by atoms with E-state index in [-0.39, 0.29) is 18.6 Å². The maximum atomic E-state index is 13.0. The Balaban J connectivity index is 1.59. The van der Waals surface area contributed by atoms with Crippen LogP contribution in [0.5, 0.6) is 11.5 Å². The van der Waals surface area contributed by atoms with Crippen LogP contribution < -0.4 is 14.4 Å². The van der Waals surface area contributed by atoms with E-state index in [2.05, 4.69) is 5.18 Å². The maximum absolute atomic E-state index is 13.0. The molecule has 2 aromatic carbocycles. The average Bonchev–Trinajstić information content (AvgIpc) is 3.05. The lowest BCUT2D eigenvalue weighted by molar-refractivity contribution is 0.0996. The largest absolute Gasteiger partial charge is 0.493 e. The van der Waals surface area contributed by atoms with E-state index in [0.717, 1.165) is 29.7 Å². The molecule has 1 fully saturated rings. The van der Waals surface area contributed by atoms with Gasteiger partial charge in [-0.15, -0.1) is 0 Å². The highest BCUT2D eigenvalue weighted by atomic mass is 16.5. The molecule has 6 heteroatoms.